The number of carboxylic acids is 1. The van der Waals surface area contributed by atoms with Crippen molar-refractivity contribution in [2.24, 2.45) is 5.41 Å². The van der Waals surface area contributed by atoms with Crippen molar-refractivity contribution in [1.29, 1.82) is 0 Å². The summed E-state index contributed by atoms with van der Waals surface area (Å²) in [6.45, 7) is 5.31. The van der Waals surface area contributed by atoms with Crippen LogP contribution in [0.15, 0.2) is 12.2 Å². The zero-order valence-electron chi connectivity index (χ0n) is 10.1. The number of carboxylic acid groups (broad SMARTS) is 1. The van der Waals surface area contributed by atoms with Crippen molar-refractivity contribution in [1.82, 2.24) is 4.90 Å². The molecule has 0 unspecified atom stereocenters. The first-order chi connectivity index (χ1) is 8.03. The third-order valence-electron chi connectivity index (χ3n) is 4.08. The highest BCUT2D eigenvalue weighted by Gasteiger charge is 2.46. The van der Waals surface area contributed by atoms with Crippen LogP contribution in [0, 0.1) is 5.41 Å². The number of piperidine rings is 1. The molecule has 17 heavy (non-hydrogen) atoms. The van der Waals surface area contributed by atoms with Gasteiger partial charge in [0.2, 0.25) is 5.91 Å². The van der Waals surface area contributed by atoms with Gasteiger partial charge in [0.25, 0.3) is 0 Å². The third-order valence-corrected chi connectivity index (χ3v) is 4.08. The lowest BCUT2D eigenvalue weighted by Crippen LogP contribution is -2.45. The number of carbonyl (C=O) groups excluding carboxylic acids is 1. The van der Waals surface area contributed by atoms with Crippen molar-refractivity contribution in [2.75, 3.05) is 13.1 Å². The molecule has 2 rings (SSSR count). The van der Waals surface area contributed by atoms with E-state index in [1.807, 2.05) is 0 Å². The highest BCUT2D eigenvalue weighted by molar-refractivity contribution is 5.85. The Labute approximate surface area is 101 Å². The van der Waals surface area contributed by atoms with E-state index in [1.165, 1.54) is 5.57 Å². The number of nitrogens with zero attached hydrogens (tertiary/aromatic N) is 1. The maximum atomic E-state index is 12.1. The zero-order valence-corrected chi connectivity index (χ0v) is 10.1. The zero-order chi connectivity index (χ0) is 12.5. The second kappa shape index (κ2) is 4.51. The Morgan fingerprint density at radius 3 is 2.29 bits per heavy atom. The molecule has 1 aliphatic carbocycles. The number of hydrogen-bond acceptors (Lipinski definition) is 2. The van der Waals surface area contributed by atoms with E-state index in [4.69, 9.17) is 0 Å². The smallest absolute Gasteiger partial charge is 0.310 e. The fraction of sp³-hybridized carbons (Fsp3) is 0.692. The van der Waals surface area contributed by atoms with Gasteiger partial charge in [0, 0.05) is 19.5 Å². The van der Waals surface area contributed by atoms with Gasteiger partial charge in [0.15, 0.2) is 0 Å². The number of amides is 1. The molecule has 0 aromatic carbocycles. The molecule has 0 aromatic rings. The second-order valence-electron chi connectivity index (χ2n) is 5.25. The van der Waals surface area contributed by atoms with Gasteiger partial charge in [-0.2, -0.15) is 0 Å². The van der Waals surface area contributed by atoms with Gasteiger partial charge in [-0.15, -0.1) is 0 Å². The highest BCUT2D eigenvalue weighted by atomic mass is 16.4. The Morgan fingerprint density at radius 1 is 1.29 bits per heavy atom. The van der Waals surface area contributed by atoms with Crippen LogP contribution in [-0.2, 0) is 9.59 Å². The SMILES string of the molecule is C=C1CCN(C(=O)CC2(C(=O)O)CCC2)CC1. The van der Waals surface area contributed by atoms with Gasteiger partial charge in [-0.25, -0.2) is 0 Å². The van der Waals surface area contributed by atoms with Crippen LogP contribution in [0.1, 0.15) is 38.5 Å². The predicted molar refractivity (Wildman–Crippen MR) is 63.5 cm³/mol. The Hall–Kier alpha value is -1.32. The fourth-order valence-electron chi connectivity index (χ4n) is 2.54. The van der Waals surface area contributed by atoms with Gasteiger partial charge in [0.05, 0.1) is 5.41 Å². The molecule has 1 saturated heterocycles. The van der Waals surface area contributed by atoms with Crippen LogP contribution in [0.2, 0.25) is 0 Å². The normalized spacial score (nSPS) is 23.1. The first-order valence-electron chi connectivity index (χ1n) is 6.21. The van der Waals surface area contributed by atoms with Crippen LogP contribution in [0.5, 0.6) is 0 Å². The number of likely N-dealkylation sites (tertiary alicyclic amines) is 1. The topological polar surface area (TPSA) is 57.6 Å². The maximum absolute atomic E-state index is 12.1. The number of rotatable bonds is 3. The largest absolute Gasteiger partial charge is 0.481 e. The summed E-state index contributed by atoms with van der Waals surface area (Å²) in [5.41, 5.74) is 0.427. The summed E-state index contributed by atoms with van der Waals surface area (Å²) in [4.78, 5) is 25.0. The lowest BCUT2D eigenvalue weighted by molar-refractivity contribution is -0.159. The van der Waals surface area contributed by atoms with Crippen LogP contribution >= 0.6 is 0 Å². The lowest BCUT2D eigenvalue weighted by Gasteiger charge is -2.39. The molecule has 4 nitrogen and oxygen atoms in total. The van der Waals surface area contributed by atoms with Crippen molar-refractivity contribution < 1.29 is 14.7 Å². The van der Waals surface area contributed by atoms with E-state index in [9.17, 15) is 14.7 Å². The minimum atomic E-state index is -0.807. The molecule has 1 aliphatic heterocycles. The summed E-state index contributed by atoms with van der Waals surface area (Å²) < 4.78 is 0. The summed E-state index contributed by atoms with van der Waals surface area (Å²) in [5.74, 6) is -0.807. The molecule has 0 bridgehead atoms. The summed E-state index contributed by atoms with van der Waals surface area (Å²) >= 11 is 0. The summed E-state index contributed by atoms with van der Waals surface area (Å²) in [6.07, 6.45) is 4.10. The van der Waals surface area contributed by atoms with E-state index in [0.717, 1.165) is 19.3 Å². The number of carbonyl (C=O) groups is 2. The van der Waals surface area contributed by atoms with Crippen LogP contribution in [0.3, 0.4) is 0 Å². The lowest BCUT2D eigenvalue weighted by atomic mass is 9.66. The fourth-order valence-corrected chi connectivity index (χ4v) is 2.54. The monoisotopic (exact) mass is 237 g/mol. The van der Waals surface area contributed by atoms with E-state index in [-0.39, 0.29) is 12.3 Å². The molecule has 0 atom stereocenters. The van der Waals surface area contributed by atoms with Crippen LogP contribution in [-0.4, -0.2) is 35.0 Å². The molecule has 1 saturated carbocycles. The Morgan fingerprint density at radius 2 is 1.88 bits per heavy atom. The van der Waals surface area contributed by atoms with Crippen molar-refractivity contribution in [3.8, 4) is 0 Å². The molecular weight excluding hydrogens is 218 g/mol. The number of hydrogen-bond donors (Lipinski definition) is 1. The van der Waals surface area contributed by atoms with Crippen LogP contribution < -0.4 is 0 Å². The predicted octanol–water partition coefficient (Wildman–Crippen LogP) is 1.81. The molecule has 0 spiro atoms. The molecule has 2 fully saturated rings. The first kappa shape index (κ1) is 12.1. The summed E-state index contributed by atoms with van der Waals surface area (Å²) in [7, 11) is 0. The average molecular weight is 237 g/mol. The van der Waals surface area contributed by atoms with E-state index >= 15 is 0 Å². The first-order valence-corrected chi connectivity index (χ1v) is 6.21. The molecule has 1 N–H and O–H groups in total. The highest BCUT2D eigenvalue weighted by Crippen LogP contribution is 2.44. The van der Waals surface area contributed by atoms with E-state index in [1.54, 1.807) is 4.90 Å². The minimum absolute atomic E-state index is 0.000370. The van der Waals surface area contributed by atoms with Gasteiger partial charge in [-0.1, -0.05) is 18.6 Å². The molecule has 0 aromatic heterocycles. The third kappa shape index (κ3) is 2.35. The standard InChI is InChI=1S/C13H19NO3/c1-10-3-7-14(8-4-10)11(15)9-13(12(16)17)5-2-6-13/h1-9H2,(H,16,17). The van der Waals surface area contributed by atoms with Crippen LogP contribution in [0.25, 0.3) is 0 Å². The molecule has 4 heteroatoms. The molecule has 2 aliphatic rings. The van der Waals surface area contributed by atoms with Gasteiger partial charge >= 0.3 is 5.97 Å². The van der Waals surface area contributed by atoms with E-state index in [0.29, 0.717) is 25.9 Å². The van der Waals surface area contributed by atoms with Crippen molar-refractivity contribution >= 4 is 11.9 Å². The van der Waals surface area contributed by atoms with Crippen LogP contribution in [0.4, 0.5) is 0 Å². The maximum Gasteiger partial charge on any atom is 0.310 e. The molecule has 94 valence electrons. The Kier molecular flexibility index (Phi) is 3.22. The second-order valence-corrected chi connectivity index (χ2v) is 5.25. The van der Waals surface area contributed by atoms with Crippen molar-refractivity contribution in [3.05, 3.63) is 12.2 Å². The van der Waals surface area contributed by atoms with E-state index in [2.05, 4.69) is 6.58 Å². The van der Waals surface area contributed by atoms with Crippen molar-refractivity contribution in [2.45, 2.75) is 38.5 Å². The van der Waals surface area contributed by atoms with Gasteiger partial charge < -0.3 is 10.0 Å². The molecular formula is C13H19NO3. The Bertz CT molecular complexity index is 348. The number of aliphatic carboxylic acids is 1. The van der Waals surface area contributed by atoms with Gasteiger partial charge in [-0.05, 0) is 25.7 Å². The van der Waals surface area contributed by atoms with E-state index < -0.39 is 11.4 Å². The van der Waals surface area contributed by atoms with Gasteiger partial charge in [-0.3, -0.25) is 9.59 Å². The quantitative estimate of drug-likeness (QED) is 0.761. The molecule has 1 heterocycles. The van der Waals surface area contributed by atoms with Gasteiger partial charge in [0.1, 0.15) is 0 Å². The Balaban J connectivity index is 1.92. The summed E-state index contributed by atoms with van der Waals surface area (Å²) in [6, 6.07) is 0. The van der Waals surface area contributed by atoms with Crippen molar-refractivity contribution in [3.63, 3.8) is 0 Å². The molecule has 0 radical (unpaired) electrons. The average Bonchev–Trinajstić information content (AvgIpc) is 2.23. The molecule has 1 amide bonds. The minimum Gasteiger partial charge on any atom is -0.481 e. The summed E-state index contributed by atoms with van der Waals surface area (Å²) in [5, 5.41) is 9.19.